The Balaban J connectivity index is 1.38. The van der Waals surface area contributed by atoms with Crippen molar-refractivity contribution in [2.75, 3.05) is 24.9 Å². The van der Waals surface area contributed by atoms with Crippen LogP contribution in [0.2, 0.25) is 0 Å². The van der Waals surface area contributed by atoms with E-state index in [9.17, 15) is 19.5 Å². The highest BCUT2D eigenvalue weighted by atomic mass is 32.2. The SMILES string of the molecule is CO/N=C(\C(=O)N[C@@H]1C(=O)N2C(C(=O)O)=C(C[n+]3ccn4c(SC)cccc43)CS[C@H]12)c1csc(N)n1. The molecule has 2 amide bonds. The molecule has 5 heterocycles. The first kappa shape index (κ1) is 25.1. The number of nitrogen functional groups attached to an aromatic ring is 1. The van der Waals surface area contributed by atoms with E-state index in [1.807, 2.05) is 45.8 Å². The fraction of sp³-hybridized carbons (Fsp3) is 0.273. The van der Waals surface area contributed by atoms with Gasteiger partial charge in [0.25, 0.3) is 17.5 Å². The highest BCUT2D eigenvalue weighted by Crippen LogP contribution is 2.40. The minimum atomic E-state index is -1.19. The summed E-state index contributed by atoms with van der Waals surface area (Å²) in [6.07, 6.45) is 5.81. The third-order valence-corrected chi connectivity index (χ3v) is 8.69. The first-order valence-electron chi connectivity index (χ1n) is 10.9. The van der Waals surface area contributed by atoms with Gasteiger partial charge in [-0.3, -0.25) is 14.5 Å². The number of thiazole rings is 1. The van der Waals surface area contributed by atoms with Gasteiger partial charge in [0.15, 0.2) is 15.9 Å². The van der Waals surface area contributed by atoms with E-state index in [-0.39, 0.29) is 22.2 Å². The number of nitrogens with zero attached hydrogens (tertiary/aromatic N) is 5. The van der Waals surface area contributed by atoms with Crippen molar-refractivity contribution in [3.8, 4) is 0 Å². The molecule has 2 aliphatic heterocycles. The van der Waals surface area contributed by atoms with E-state index in [2.05, 4.69) is 15.5 Å². The third kappa shape index (κ3) is 4.42. The summed E-state index contributed by atoms with van der Waals surface area (Å²) in [6.45, 7) is 0.312. The lowest BCUT2D eigenvalue weighted by Crippen LogP contribution is -2.71. The number of nitrogens with one attached hydrogen (secondary N) is 1. The Bertz CT molecular complexity index is 1480. The highest BCUT2D eigenvalue weighted by molar-refractivity contribution is 8.00. The minimum Gasteiger partial charge on any atom is -0.477 e. The van der Waals surface area contributed by atoms with Gasteiger partial charge in [0.1, 0.15) is 48.9 Å². The van der Waals surface area contributed by atoms with Gasteiger partial charge in [-0.05, 0) is 18.4 Å². The summed E-state index contributed by atoms with van der Waals surface area (Å²) >= 11 is 4.14. The Morgan fingerprint density at radius 3 is 2.92 bits per heavy atom. The fourth-order valence-electron chi connectivity index (χ4n) is 4.31. The van der Waals surface area contributed by atoms with Crippen molar-refractivity contribution in [3.63, 3.8) is 0 Å². The molecular weight excluding hydrogens is 538 g/mol. The summed E-state index contributed by atoms with van der Waals surface area (Å²) in [6, 6.07) is 4.99. The van der Waals surface area contributed by atoms with Crippen LogP contribution in [-0.4, -0.2) is 73.4 Å². The first-order valence-corrected chi connectivity index (χ1v) is 14.1. The lowest BCUT2D eigenvalue weighted by molar-refractivity contribution is -0.662. The van der Waals surface area contributed by atoms with E-state index in [0.717, 1.165) is 22.0 Å². The Kier molecular flexibility index (Phi) is 6.83. The van der Waals surface area contributed by atoms with E-state index < -0.39 is 29.2 Å². The molecule has 0 saturated carbocycles. The lowest BCUT2D eigenvalue weighted by Gasteiger charge is -2.49. The van der Waals surface area contributed by atoms with Crippen LogP contribution >= 0.6 is 34.9 Å². The van der Waals surface area contributed by atoms with E-state index in [4.69, 9.17) is 10.6 Å². The summed E-state index contributed by atoms with van der Waals surface area (Å²) in [4.78, 5) is 48.4. The largest absolute Gasteiger partial charge is 0.477 e. The number of amides is 2. The molecule has 12 nitrogen and oxygen atoms in total. The molecule has 15 heteroatoms. The Morgan fingerprint density at radius 2 is 2.24 bits per heavy atom. The highest BCUT2D eigenvalue weighted by Gasteiger charge is 2.54. The zero-order valence-corrected chi connectivity index (χ0v) is 22.1. The van der Waals surface area contributed by atoms with Crippen LogP contribution in [0.1, 0.15) is 5.69 Å². The Morgan fingerprint density at radius 1 is 1.43 bits per heavy atom. The number of rotatable bonds is 8. The van der Waals surface area contributed by atoms with Crippen molar-refractivity contribution in [2.45, 2.75) is 23.0 Å². The molecule has 1 saturated heterocycles. The van der Waals surface area contributed by atoms with Gasteiger partial charge in [-0.15, -0.1) is 23.1 Å². The van der Waals surface area contributed by atoms with Gasteiger partial charge in [0, 0.05) is 22.8 Å². The van der Waals surface area contributed by atoms with Gasteiger partial charge in [-0.1, -0.05) is 16.9 Å². The number of carboxylic acids is 1. The topological polar surface area (TPSA) is 156 Å². The van der Waals surface area contributed by atoms with E-state index in [1.165, 1.54) is 23.8 Å². The average Bonchev–Trinajstić information content (AvgIpc) is 3.51. The van der Waals surface area contributed by atoms with Gasteiger partial charge in [0.2, 0.25) is 0 Å². The van der Waals surface area contributed by atoms with Crippen LogP contribution in [0.3, 0.4) is 0 Å². The number of aliphatic carboxylic acids is 1. The number of β-lactam (4-membered cyclic amide) rings is 1. The Hall–Kier alpha value is -3.56. The number of aromatic nitrogens is 3. The van der Waals surface area contributed by atoms with Crippen molar-refractivity contribution >= 4 is 69.1 Å². The number of hydrogen-bond acceptors (Lipinski definition) is 10. The maximum Gasteiger partial charge on any atom is 0.352 e. The van der Waals surface area contributed by atoms with Gasteiger partial charge < -0.3 is 21.0 Å². The molecule has 2 atom stereocenters. The zero-order valence-electron chi connectivity index (χ0n) is 19.7. The summed E-state index contributed by atoms with van der Waals surface area (Å²) in [7, 11) is 1.29. The molecule has 0 unspecified atom stereocenters. The number of hydrogen-bond donors (Lipinski definition) is 3. The number of thioether (sulfide) groups is 2. The van der Waals surface area contributed by atoms with Crippen LogP contribution in [0.5, 0.6) is 0 Å². The number of carboxylic acid groups (broad SMARTS) is 1. The van der Waals surface area contributed by atoms with E-state index in [1.54, 1.807) is 17.1 Å². The summed E-state index contributed by atoms with van der Waals surface area (Å²) < 4.78 is 3.98. The number of oxime groups is 1. The molecule has 0 bridgehead atoms. The monoisotopic (exact) mass is 560 g/mol. The van der Waals surface area contributed by atoms with Gasteiger partial charge in [-0.2, -0.15) is 4.40 Å². The average molecular weight is 561 g/mol. The third-order valence-electron chi connectivity index (χ3n) is 5.93. The molecule has 0 aliphatic carbocycles. The van der Waals surface area contributed by atoms with Crippen molar-refractivity contribution in [2.24, 2.45) is 5.16 Å². The number of anilines is 1. The van der Waals surface area contributed by atoms with Crippen molar-refractivity contribution in [1.29, 1.82) is 0 Å². The van der Waals surface area contributed by atoms with Crippen LogP contribution in [0.4, 0.5) is 5.13 Å². The van der Waals surface area contributed by atoms with Gasteiger partial charge in [0.05, 0.1) is 0 Å². The van der Waals surface area contributed by atoms with E-state index >= 15 is 0 Å². The summed E-state index contributed by atoms with van der Waals surface area (Å²) in [5.74, 6) is -1.98. The zero-order chi connectivity index (χ0) is 26.3. The van der Waals surface area contributed by atoms with E-state index in [0.29, 0.717) is 17.9 Å². The molecule has 192 valence electrons. The molecule has 3 aromatic heterocycles. The number of nitrogens with two attached hydrogens (primary N) is 1. The standard InChI is InChI=1S/C22H21N7O5S3/c1-34-26-15(12-10-37-22(23)24-12)18(30)25-16-19(31)29-17(21(32)33)11(9-36-20(16)29)8-27-6-7-28-13(27)4-3-5-14(28)35-2/h3-7,10,16,20H,8-9H2,1-2H3,(H3-,23,24,25,30,32,33)/p+1/b26-15-/t16-,20-/m1/s1. The maximum absolute atomic E-state index is 13.1. The lowest BCUT2D eigenvalue weighted by atomic mass is 10.0. The van der Waals surface area contributed by atoms with Crippen molar-refractivity contribution in [1.82, 2.24) is 19.6 Å². The molecule has 3 aromatic rings. The molecule has 4 N–H and O–H groups in total. The van der Waals surface area contributed by atoms with Crippen molar-refractivity contribution < 1.29 is 28.9 Å². The molecule has 37 heavy (non-hydrogen) atoms. The first-order chi connectivity index (χ1) is 17.8. The molecule has 5 rings (SSSR count). The Labute approximate surface area is 223 Å². The molecule has 2 aliphatic rings. The summed E-state index contributed by atoms with van der Waals surface area (Å²) in [5.41, 5.74) is 7.22. The molecule has 1 fully saturated rings. The molecule has 0 aromatic carbocycles. The van der Waals surface area contributed by atoms with Crippen LogP contribution in [0.25, 0.3) is 5.65 Å². The molecular formula is C22H22N7O5S3+. The van der Waals surface area contributed by atoms with Crippen LogP contribution in [-0.2, 0) is 25.8 Å². The van der Waals surface area contributed by atoms with Crippen LogP contribution in [0, 0.1) is 0 Å². The van der Waals surface area contributed by atoms with Gasteiger partial charge >= 0.3 is 5.97 Å². The van der Waals surface area contributed by atoms with Crippen molar-refractivity contribution in [3.05, 3.63) is 52.9 Å². The second kappa shape index (κ2) is 10.1. The molecule has 0 spiro atoms. The predicted molar refractivity (Wildman–Crippen MR) is 139 cm³/mol. The second-order valence-corrected chi connectivity index (χ2v) is 10.9. The second-order valence-electron chi connectivity index (χ2n) is 8.03. The number of imidazole rings is 1. The number of carbonyl (C=O) groups is 3. The number of pyridine rings is 1. The minimum absolute atomic E-state index is 0.0508. The predicted octanol–water partition coefficient (Wildman–Crippen LogP) is 0.777. The summed E-state index contributed by atoms with van der Waals surface area (Å²) in [5, 5.41) is 18.7. The van der Waals surface area contributed by atoms with Crippen LogP contribution < -0.4 is 15.6 Å². The fourth-order valence-corrected chi connectivity index (χ4v) is 6.76. The molecule has 0 radical (unpaired) electrons. The normalized spacial score (nSPS) is 19.6. The maximum atomic E-state index is 13.1. The quantitative estimate of drug-likeness (QED) is 0.119. The number of fused-ring (bicyclic) bond motifs is 2. The van der Waals surface area contributed by atoms with Crippen LogP contribution in [0.15, 0.2) is 57.4 Å². The number of carbonyl (C=O) groups excluding carboxylic acids is 2. The smallest absolute Gasteiger partial charge is 0.352 e. The van der Waals surface area contributed by atoms with Gasteiger partial charge in [-0.25, -0.2) is 14.3 Å².